The molecule has 19 heavy (non-hydrogen) atoms. The van der Waals surface area contributed by atoms with Crippen molar-refractivity contribution in [2.24, 2.45) is 23.2 Å². The standard InChI is InChI=1S/C18H37N/c1-7-15-9-11-16(12-10-15)17(19-8-2)13-14(3)18(4,5)6/h14-17,19H,7-13H2,1-6H3. The van der Waals surface area contributed by atoms with Gasteiger partial charge in [-0.2, -0.15) is 0 Å². The predicted molar refractivity (Wildman–Crippen MR) is 86.4 cm³/mol. The summed E-state index contributed by atoms with van der Waals surface area (Å²) in [6, 6.07) is 0.747. The van der Waals surface area contributed by atoms with Crippen molar-refractivity contribution in [2.45, 2.75) is 86.1 Å². The van der Waals surface area contributed by atoms with Crippen LogP contribution in [-0.2, 0) is 0 Å². The summed E-state index contributed by atoms with van der Waals surface area (Å²) in [6.07, 6.45) is 8.57. The molecule has 0 saturated heterocycles. The lowest BCUT2D eigenvalue weighted by Crippen LogP contribution is -2.40. The van der Waals surface area contributed by atoms with Crippen molar-refractivity contribution in [3.63, 3.8) is 0 Å². The fourth-order valence-electron chi connectivity index (χ4n) is 3.44. The molecule has 1 nitrogen and oxygen atoms in total. The maximum atomic E-state index is 3.79. The Morgan fingerprint density at radius 3 is 2.05 bits per heavy atom. The van der Waals surface area contributed by atoms with Gasteiger partial charge in [0.05, 0.1) is 0 Å². The van der Waals surface area contributed by atoms with Crippen molar-refractivity contribution >= 4 is 0 Å². The Bertz CT molecular complexity index is 233. The smallest absolute Gasteiger partial charge is 0.00979 e. The fourth-order valence-corrected chi connectivity index (χ4v) is 3.44. The zero-order chi connectivity index (χ0) is 14.5. The molecule has 114 valence electrons. The first kappa shape index (κ1) is 17.0. The Hall–Kier alpha value is -0.0400. The van der Waals surface area contributed by atoms with Gasteiger partial charge in [-0.25, -0.2) is 0 Å². The van der Waals surface area contributed by atoms with Gasteiger partial charge >= 0.3 is 0 Å². The maximum absolute atomic E-state index is 3.79. The van der Waals surface area contributed by atoms with E-state index in [4.69, 9.17) is 0 Å². The van der Waals surface area contributed by atoms with Gasteiger partial charge in [-0.05, 0) is 49.0 Å². The molecule has 1 fully saturated rings. The molecule has 1 N–H and O–H groups in total. The Kier molecular flexibility index (Phi) is 6.86. The number of nitrogens with one attached hydrogen (secondary N) is 1. The molecule has 0 radical (unpaired) electrons. The third-order valence-corrected chi connectivity index (χ3v) is 5.59. The maximum Gasteiger partial charge on any atom is 0.00979 e. The Morgan fingerprint density at radius 2 is 1.63 bits per heavy atom. The van der Waals surface area contributed by atoms with Crippen molar-refractivity contribution in [1.82, 2.24) is 5.32 Å². The molecular weight excluding hydrogens is 230 g/mol. The first-order valence-corrected chi connectivity index (χ1v) is 8.61. The summed E-state index contributed by atoms with van der Waals surface area (Å²) in [5, 5.41) is 3.79. The van der Waals surface area contributed by atoms with E-state index in [0.29, 0.717) is 5.41 Å². The summed E-state index contributed by atoms with van der Waals surface area (Å²) in [7, 11) is 0. The Labute approximate surface area is 121 Å². The SMILES string of the molecule is CCNC(CC(C)C(C)(C)C)C1CCC(CC)CC1. The monoisotopic (exact) mass is 267 g/mol. The van der Waals surface area contributed by atoms with Crippen molar-refractivity contribution in [2.75, 3.05) is 6.54 Å². The van der Waals surface area contributed by atoms with E-state index in [0.717, 1.165) is 30.3 Å². The largest absolute Gasteiger partial charge is 0.314 e. The van der Waals surface area contributed by atoms with Crippen molar-refractivity contribution in [3.05, 3.63) is 0 Å². The molecule has 1 aliphatic rings. The van der Waals surface area contributed by atoms with Crippen molar-refractivity contribution in [1.29, 1.82) is 0 Å². The second-order valence-corrected chi connectivity index (χ2v) is 7.86. The van der Waals surface area contributed by atoms with Gasteiger partial charge in [0.1, 0.15) is 0 Å². The molecule has 1 saturated carbocycles. The zero-order valence-corrected chi connectivity index (χ0v) is 14.3. The highest BCUT2D eigenvalue weighted by molar-refractivity contribution is 4.85. The van der Waals surface area contributed by atoms with Crippen LogP contribution in [0.15, 0.2) is 0 Å². The third-order valence-electron chi connectivity index (χ3n) is 5.59. The zero-order valence-electron chi connectivity index (χ0n) is 14.3. The molecule has 2 unspecified atom stereocenters. The molecule has 2 atom stereocenters. The van der Waals surface area contributed by atoms with Crippen LogP contribution in [0.2, 0.25) is 0 Å². The highest BCUT2D eigenvalue weighted by Crippen LogP contribution is 2.36. The molecule has 1 rings (SSSR count). The van der Waals surface area contributed by atoms with E-state index in [2.05, 4.69) is 46.9 Å². The Balaban J connectivity index is 2.53. The van der Waals surface area contributed by atoms with Crippen LogP contribution in [0.4, 0.5) is 0 Å². The molecule has 0 aromatic rings. The van der Waals surface area contributed by atoms with E-state index >= 15 is 0 Å². The molecule has 0 aromatic carbocycles. The first-order valence-electron chi connectivity index (χ1n) is 8.61. The minimum atomic E-state index is 0.439. The summed E-state index contributed by atoms with van der Waals surface area (Å²) in [5.41, 5.74) is 0.439. The van der Waals surface area contributed by atoms with Gasteiger partial charge in [-0.3, -0.25) is 0 Å². The van der Waals surface area contributed by atoms with E-state index in [1.807, 2.05) is 0 Å². The first-order chi connectivity index (χ1) is 8.88. The average Bonchev–Trinajstić information content (AvgIpc) is 2.37. The minimum absolute atomic E-state index is 0.439. The summed E-state index contributed by atoms with van der Waals surface area (Å²) in [6.45, 7) is 15.3. The van der Waals surface area contributed by atoms with Gasteiger partial charge in [0, 0.05) is 6.04 Å². The van der Waals surface area contributed by atoms with Crippen LogP contribution in [-0.4, -0.2) is 12.6 Å². The summed E-state index contributed by atoms with van der Waals surface area (Å²) >= 11 is 0. The number of hydrogen-bond donors (Lipinski definition) is 1. The van der Waals surface area contributed by atoms with Crippen LogP contribution in [0.1, 0.15) is 80.1 Å². The van der Waals surface area contributed by atoms with Crippen LogP contribution in [0.3, 0.4) is 0 Å². The Morgan fingerprint density at radius 1 is 1.05 bits per heavy atom. The lowest BCUT2D eigenvalue weighted by atomic mass is 9.72. The van der Waals surface area contributed by atoms with E-state index in [1.165, 1.54) is 38.5 Å². The summed E-state index contributed by atoms with van der Waals surface area (Å²) in [5.74, 6) is 2.73. The molecule has 0 heterocycles. The van der Waals surface area contributed by atoms with E-state index < -0.39 is 0 Å². The lowest BCUT2D eigenvalue weighted by molar-refractivity contribution is 0.162. The second-order valence-electron chi connectivity index (χ2n) is 7.86. The van der Waals surface area contributed by atoms with E-state index in [9.17, 15) is 0 Å². The summed E-state index contributed by atoms with van der Waals surface area (Å²) < 4.78 is 0. The minimum Gasteiger partial charge on any atom is -0.314 e. The van der Waals surface area contributed by atoms with Crippen LogP contribution in [0, 0.1) is 23.2 Å². The third kappa shape index (κ3) is 5.45. The quantitative estimate of drug-likeness (QED) is 0.693. The molecule has 0 spiro atoms. The van der Waals surface area contributed by atoms with Gasteiger partial charge in [-0.1, -0.05) is 60.8 Å². The highest BCUT2D eigenvalue weighted by atomic mass is 14.9. The molecule has 0 bridgehead atoms. The molecule has 0 amide bonds. The molecule has 1 aliphatic carbocycles. The predicted octanol–water partition coefficient (Wildman–Crippen LogP) is 5.25. The molecule has 1 heteroatoms. The number of rotatable bonds is 6. The topological polar surface area (TPSA) is 12.0 Å². The molecule has 0 aromatic heterocycles. The molecular formula is C18H37N. The summed E-state index contributed by atoms with van der Waals surface area (Å²) in [4.78, 5) is 0. The van der Waals surface area contributed by atoms with Crippen LogP contribution >= 0.6 is 0 Å². The average molecular weight is 268 g/mol. The van der Waals surface area contributed by atoms with E-state index in [-0.39, 0.29) is 0 Å². The van der Waals surface area contributed by atoms with Crippen molar-refractivity contribution < 1.29 is 0 Å². The van der Waals surface area contributed by atoms with Gasteiger partial charge in [0.2, 0.25) is 0 Å². The number of hydrogen-bond acceptors (Lipinski definition) is 1. The fraction of sp³-hybridized carbons (Fsp3) is 1.00. The highest BCUT2D eigenvalue weighted by Gasteiger charge is 2.30. The van der Waals surface area contributed by atoms with Crippen molar-refractivity contribution in [3.8, 4) is 0 Å². The van der Waals surface area contributed by atoms with Crippen LogP contribution in [0.25, 0.3) is 0 Å². The van der Waals surface area contributed by atoms with Gasteiger partial charge in [0.25, 0.3) is 0 Å². The van der Waals surface area contributed by atoms with Gasteiger partial charge in [-0.15, -0.1) is 0 Å². The second kappa shape index (κ2) is 7.67. The lowest BCUT2D eigenvalue weighted by Gasteiger charge is -2.38. The van der Waals surface area contributed by atoms with Gasteiger partial charge < -0.3 is 5.32 Å². The van der Waals surface area contributed by atoms with Gasteiger partial charge in [0.15, 0.2) is 0 Å². The van der Waals surface area contributed by atoms with E-state index in [1.54, 1.807) is 0 Å². The van der Waals surface area contributed by atoms with Crippen LogP contribution < -0.4 is 5.32 Å². The molecule has 0 aliphatic heterocycles. The normalized spacial score (nSPS) is 28.1. The van der Waals surface area contributed by atoms with Crippen LogP contribution in [0.5, 0.6) is 0 Å².